The number of aromatic nitrogens is 2. The standard InChI is InChI=1S/C15H17N3OS/c1-11-3-2-8-18(9-11)15(19)13-10-20-14(17-13)12-4-6-16-7-5-12/h4-7,10-11H,2-3,8-9H2,1H3. The number of likely N-dealkylation sites (tertiary alicyclic amines) is 1. The van der Waals surface area contributed by atoms with Crippen molar-refractivity contribution in [3.05, 3.63) is 35.6 Å². The number of hydrogen-bond acceptors (Lipinski definition) is 4. The molecule has 0 spiro atoms. The van der Waals surface area contributed by atoms with Crippen LogP contribution in [0.5, 0.6) is 0 Å². The number of amides is 1. The van der Waals surface area contributed by atoms with Crippen molar-refractivity contribution in [3.63, 3.8) is 0 Å². The molecule has 3 heterocycles. The summed E-state index contributed by atoms with van der Waals surface area (Å²) in [5.74, 6) is 0.652. The predicted octanol–water partition coefficient (Wildman–Crippen LogP) is 3.08. The zero-order valence-corrected chi connectivity index (χ0v) is 12.3. The molecule has 2 aromatic heterocycles. The van der Waals surface area contributed by atoms with Gasteiger partial charge in [0.15, 0.2) is 0 Å². The molecule has 1 aliphatic heterocycles. The number of pyridine rings is 1. The number of rotatable bonds is 2. The largest absolute Gasteiger partial charge is 0.337 e. The Balaban J connectivity index is 1.78. The Morgan fingerprint density at radius 1 is 1.40 bits per heavy atom. The zero-order chi connectivity index (χ0) is 13.9. The number of carbonyl (C=O) groups is 1. The maximum atomic E-state index is 12.4. The average molecular weight is 287 g/mol. The van der Waals surface area contributed by atoms with Gasteiger partial charge in [0, 0.05) is 36.4 Å². The lowest BCUT2D eigenvalue weighted by atomic mass is 10.0. The molecule has 1 saturated heterocycles. The number of hydrogen-bond donors (Lipinski definition) is 0. The van der Waals surface area contributed by atoms with E-state index in [4.69, 9.17) is 0 Å². The van der Waals surface area contributed by atoms with Crippen molar-refractivity contribution in [2.75, 3.05) is 13.1 Å². The molecule has 1 atom stereocenters. The molecule has 1 amide bonds. The highest BCUT2D eigenvalue weighted by Crippen LogP contribution is 2.24. The topological polar surface area (TPSA) is 46.1 Å². The van der Waals surface area contributed by atoms with E-state index in [0.29, 0.717) is 11.6 Å². The van der Waals surface area contributed by atoms with Crippen LogP contribution < -0.4 is 0 Å². The van der Waals surface area contributed by atoms with Crippen LogP contribution in [0.3, 0.4) is 0 Å². The summed E-state index contributed by atoms with van der Waals surface area (Å²) >= 11 is 1.51. The van der Waals surface area contributed by atoms with Crippen LogP contribution >= 0.6 is 11.3 Å². The Kier molecular flexibility index (Phi) is 3.78. The van der Waals surface area contributed by atoms with Crippen molar-refractivity contribution >= 4 is 17.2 Å². The molecule has 0 bridgehead atoms. The number of piperidine rings is 1. The van der Waals surface area contributed by atoms with Gasteiger partial charge in [-0.15, -0.1) is 11.3 Å². The van der Waals surface area contributed by atoms with E-state index in [1.165, 1.54) is 17.8 Å². The summed E-state index contributed by atoms with van der Waals surface area (Å²) in [6, 6.07) is 3.83. The van der Waals surface area contributed by atoms with Crippen molar-refractivity contribution in [2.45, 2.75) is 19.8 Å². The third-order valence-electron chi connectivity index (χ3n) is 3.59. The van der Waals surface area contributed by atoms with E-state index in [0.717, 1.165) is 30.1 Å². The SMILES string of the molecule is CC1CCCN(C(=O)c2csc(-c3ccncc3)n2)C1. The van der Waals surface area contributed by atoms with Gasteiger partial charge in [-0.2, -0.15) is 0 Å². The first-order chi connectivity index (χ1) is 9.74. The fourth-order valence-electron chi connectivity index (χ4n) is 2.53. The van der Waals surface area contributed by atoms with E-state index in [9.17, 15) is 4.79 Å². The molecule has 1 aliphatic rings. The first-order valence-electron chi connectivity index (χ1n) is 6.89. The normalized spacial score (nSPS) is 19.1. The number of thiazole rings is 1. The molecular formula is C15H17N3OS. The van der Waals surface area contributed by atoms with Crippen LogP contribution in [0.4, 0.5) is 0 Å². The van der Waals surface area contributed by atoms with Gasteiger partial charge in [-0.3, -0.25) is 9.78 Å². The van der Waals surface area contributed by atoms with Crippen LogP contribution in [0.2, 0.25) is 0 Å². The molecule has 1 fully saturated rings. The van der Waals surface area contributed by atoms with Gasteiger partial charge in [-0.1, -0.05) is 6.92 Å². The molecule has 20 heavy (non-hydrogen) atoms. The van der Waals surface area contributed by atoms with Gasteiger partial charge in [0.1, 0.15) is 10.7 Å². The lowest BCUT2D eigenvalue weighted by molar-refractivity contribution is 0.0678. The second kappa shape index (κ2) is 5.71. The van der Waals surface area contributed by atoms with Gasteiger partial charge in [0.05, 0.1) is 0 Å². The molecule has 0 aliphatic carbocycles. The monoisotopic (exact) mass is 287 g/mol. The van der Waals surface area contributed by atoms with Crippen LogP contribution in [0.1, 0.15) is 30.3 Å². The maximum absolute atomic E-state index is 12.4. The smallest absolute Gasteiger partial charge is 0.273 e. The van der Waals surface area contributed by atoms with E-state index < -0.39 is 0 Å². The Hall–Kier alpha value is -1.75. The molecule has 2 aromatic rings. The summed E-state index contributed by atoms with van der Waals surface area (Å²) in [7, 11) is 0. The molecular weight excluding hydrogens is 270 g/mol. The molecule has 104 valence electrons. The summed E-state index contributed by atoms with van der Waals surface area (Å²) in [6.45, 7) is 3.90. The molecule has 4 nitrogen and oxygen atoms in total. The van der Waals surface area contributed by atoms with Crippen molar-refractivity contribution in [1.82, 2.24) is 14.9 Å². The minimum atomic E-state index is 0.0631. The summed E-state index contributed by atoms with van der Waals surface area (Å²) in [5.41, 5.74) is 1.58. The van der Waals surface area contributed by atoms with Crippen molar-refractivity contribution < 1.29 is 4.79 Å². The minimum Gasteiger partial charge on any atom is -0.337 e. The minimum absolute atomic E-state index is 0.0631. The highest BCUT2D eigenvalue weighted by Gasteiger charge is 2.23. The molecule has 0 saturated carbocycles. The Morgan fingerprint density at radius 3 is 2.95 bits per heavy atom. The Labute approximate surface area is 122 Å². The van der Waals surface area contributed by atoms with Gasteiger partial charge in [0.25, 0.3) is 5.91 Å². The van der Waals surface area contributed by atoms with E-state index in [-0.39, 0.29) is 5.91 Å². The first kappa shape index (κ1) is 13.2. The zero-order valence-electron chi connectivity index (χ0n) is 11.5. The summed E-state index contributed by atoms with van der Waals surface area (Å²) in [6.07, 6.45) is 5.78. The number of carbonyl (C=O) groups excluding carboxylic acids is 1. The van der Waals surface area contributed by atoms with E-state index in [1.807, 2.05) is 22.4 Å². The van der Waals surface area contributed by atoms with Gasteiger partial charge < -0.3 is 4.90 Å². The number of nitrogens with zero attached hydrogens (tertiary/aromatic N) is 3. The van der Waals surface area contributed by atoms with Crippen molar-refractivity contribution in [2.24, 2.45) is 5.92 Å². The van der Waals surface area contributed by atoms with E-state index in [1.54, 1.807) is 12.4 Å². The molecule has 1 unspecified atom stereocenters. The van der Waals surface area contributed by atoms with Crippen LogP contribution in [0.25, 0.3) is 10.6 Å². The predicted molar refractivity (Wildman–Crippen MR) is 79.6 cm³/mol. The third kappa shape index (κ3) is 2.72. The van der Waals surface area contributed by atoms with Crippen LogP contribution in [0, 0.1) is 5.92 Å². The Bertz CT molecular complexity index is 596. The van der Waals surface area contributed by atoms with Gasteiger partial charge in [0.2, 0.25) is 0 Å². The van der Waals surface area contributed by atoms with Crippen molar-refractivity contribution in [1.29, 1.82) is 0 Å². The second-order valence-corrected chi connectivity index (χ2v) is 6.13. The summed E-state index contributed by atoms with van der Waals surface area (Å²) < 4.78 is 0. The third-order valence-corrected chi connectivity index (χ3v) is 4.49. The van der Waals surface area contributed by atoms with Crippen molar-refractivity contribution in [3.8, 4) is 10.6 Å². The highest BCUT2D eigenvalue weighted by molar-refractivity contribution is 7.13. The van der Waals surface area contributed by atoms with Crippen LogP contribution in [-0.2, 0) is 0 Å². The first-order valence-corrected chi connectivity index (χ1v) is 7.77. The molecule has 0 N–H and O–H groups in total. The molecule has 3 rings (SSSR count). The van der Waals surface area contributed by atoms with E-state index in [2.05, 4.69) is 16.9 Å². The molecule has 0 radical (unpaired) electrons. The molecule has 5 heteroatoms. The average Bonchev–Trinajstić information content (AvgIpc) is 2.97. The van der Waals surface area contributed by atoms with Gasteiger partial charge >= 0.3 is 0 Å². The van der Waals surface area contributed by atoms with Gasteiger partial charge in [-0.25, -0.2) is 4.98 Å². The maximum Gasteiger partial charge on any atom is 0.273 e. The summed E-state index contributed by atoms with van der Waals surface area (Å²) in [4.78, 5) is 22.9. The second-order valence-electron chi connectivity index (χ2n) is 5.27. The fourth-order valence-corrected chi connectivity index (χ4v) is 3.33. The Morgan fingerprint density at radius 2 is 2.20 bits per heavy atom. The summed E-state index contributed by atoms with van der Waals surface area (Å²) in [5, 5.41) is 2.73. The highest BCUT2D eigenvalue weighted by atomic mass is 32.1. The van der Waals surface area contributed by atoms with Crippen LogP contribution in [-0.4, -0.2) is 33.9 Å². The lowest BCUT2D eigenvalue weighted by Gasteiger charge is -2.30. The lowest BCUT2D eigenvalue weighted by Crippen LogP contribution is -2.39. The quantitative estimate of drug-likeness (QED) is 0.852. The van der Waals surface area contributed by atoms with E-state index >= 15 is 0 Å². The van der Waals surface area contributed by atoms with Gasteiger partial charge in [-0.05, 0) is 30.9 Å². The molecule has 0 aromatic carbocycles. The fraction of sp³-hybridized carbons (Fsp3) is 0.400. The van der Waals surface area contributed by atoms with Crippen LogP contribution in [0.15, 0.2) is 29.9 Å².